The van der Waals surface area contributed by atoms with Crippen LogP contribution in [0.15, 0.2) is 30.7 Å². The third-order valence-corrected chi connectivity index (χ3v) is 6.57. The van der Waals surface area contributed by atoms with E-state index in [9.17, 15) is 0 Å². The van der Waals surface area contributed by atoms with Crippen LogP contribution in [0.3, 0.4) is 0 Å². The fraction of sp³-hybridized carbons (Fsp3) is 0.577. The largest absolute Gasteiger partial charge is 0.372 e. The fourth-order valence-corrected chi connectivity index (χ4v) is 4.84. The molecular weight excluding hydrogens is 396 g/mol. The van der Waals surface area contributed by atoms with Crippen LogP contribution in [-0.2, 0) is 13.0 Å². The van der Waals surface area contributed by atoms with Gasteiger partial charge in [0, 0.05) is 31.7 Å². The molecule has 1 aliphatic rings. The first-order valence-corrected chi connectivity index (χ1v) is 12.5. The highest BCUT2D eigenvalue weighted by molar-refractivity contribution is 6.00. The monoisotopic (exact) mass is 434 g/mol. The molecule has 172 valence electrons. The van der Waals surface area contributed by atoms with Crippen molar-refractivity contribution in [2.24, 2.45) is 0 Å². The number of rotatable bonds is 11. The van der Waals surface area contributed by atoms with E-state index in [1.54, 1.807) is 0 Å². The van der Waals surface area contributed by atoms with Gasteiger partial charge in [-0.15, -0.1) is 0 Å². The lowest BCUT2D eigenvalue weighted by molar-refractivity contribution is 0.388. The van der Waals surface area contributed by atoms with Gasteiger partial charge in [-0.1, -0.05) is 39.2 Å². The summed E-state index contributed by atoms with van der Waals surface area (Å²) in [5, 5.41) is 7.05. The minimum absolute atomic E-state index is 0.597. The maximum absolute atomic E-state index is 5.01. The number of hydrogen-bond donors (Lipinski definition) is 2. The van der Waals surface area contributed by atoms with Crippen LogP contribution in [-0.4, -0.2) is 32.1 Å². The third kappa shape index (κ3) is 5.22. The van der Waals surface area contributed by atoms with Crippen LogP contribution < -0.4 is 10.6 Å². The molecule has 4 rings (SSSR count). The van der Waals surface area contributed by atoms with Crippen molar-refractivity contribution in [3.63, 3.8) is 0 Å². The maximum atomic E-state index is 5.01. The van der Waals surface area contributed by atoms with Gasteiger partial charge in [-0.3, -0.25) is 4.98 Å². The zero-order valence-corrected chi connectivity index (χ0v) is 19.8. The maximum Gasteiger partial charge on any atom is 0.115 e. The zero-order chi connectivity index (χ0) is 22.3. The molecule has 0 atom stereocenters. The number of imidazole rings is 1. The van der Waals surface area contributed by atoms with E-state index >= 15 is 0 Å². The lowest BCUT2D eigenvalue weighted by Crippen LogP contribution is -2.35. The molecule has 1 aliphatic carbocycles. The first-order chi connectivity index (χ1) is 15.7. The lowest BCUT2D eigenvalue weighted by atomic mass is 9.96. The molecule has 0 aromatic carbocycles. The molecule has 1 saturated carbocycles. The van der Waals surface area contributed by atoms with Crippen LogP contribution in [0.2, 0.25) is 0 Å². The number of fused-ring (bicyclic) bond motifs is 3. The first kappa shape index (κ1) is 22.6. The van der Waals surface area contributed by atoms with Crippen molar-refractivity contribution in [1.82, 2.24) is 30.2 Å². The van der Waals surface area contributed by atoms with E-state index in [1.807, 2.05) is 18.3 Å². The Kier molecular flexibility index (Phi) is 7.61. The quantitative estimate of drug-likeness (QED) is 0.396. The Labute approximate surface area is 191 Å². The number of unbranched alkanes of at least 4 members (excludes halogenated alkanes) is 2. The normalized spacial score (nSPS) is 14.8. The highest BCUT2D eigenvalue weighted by Crippen LogP contribution is 2.27. The summed E-state index contributed by atoms with van der Waals surface area (Å²) in [6.45, 7) is 10.4. The van der Waals surface area contributed by atoms with Gasteiger partial charge in [-0.25, -0.2) is 9.97 Å². The Morgan fingerprint density at radius 3 is 2.78 bits per heavy atom. The van der Waals surface area contributed by atoms with Crippen molar-refractivity contribution in [3.8, 4) is 0 Å². The predicted octanol–water partition coefficient (Wildman–Crippen LogP) is 5.39. The molecule has 0 radical (unpaired) electrons. The van der Waals surface area contributed by atoms with Gasteiger partial charge in [0.1, 0.15) is 16.9 Å². The van der Waals surface area contributed by atoms with E-state index in [2.05, 4.69) is 40.6 Å². The zero-order valence-electron chi connectivity index (χ0n) is 19.8. The van der Waals surface area contributed by atoms with Crippen molar-refractivity contribution in [2.45, 2.75) is 90.6 Å². The molecule has 0 amide bonds. The number of nitrogens with one attached hydrogen (secondary N) is 2. The molecule has 6 heteroatoms. The molecule has 3 aromatic heterocycles. The Hall–Kier alpha value is -2.63. The molecule has 0 unspecified atom stereocenters. The fourth-order valence-electron chi connectivity index (χ4n) is 4.84. The van der Waals surface area contributed by atoms with Crippen LogP contribution in [0.1, 0.15) is 76.2 Å². The van der Waals surface area contributed by atoms with Gasteiger partial charge in [0.05, 0.1) is 22.5 Å². The highest BCUT2D eigenvalue weighted by Gasteiger charge is 2.17. The standard InChI is InChI=1S/C26H38N6/c1-4-5-15-23-31-24-19(2)29-22-14-11-17-28-25(22)26(24)32(23)18-10-9-16-27-20(3)30-21-12-7-6-8-13-21/h11,14,17,21,27,30H,3-10,12-13,15-16,18H2,1-2H3. The second-order valence-electron chi connectivity index (χ2n) is 9.14. The summed E-state index contributed by atoms with van der Waals surface area (Å²) in [6, 6.07) is 4.60. The first-order valence-electron chi connectivity index (χ1n) is 12.5. The van der Waals surface area contributed by atoms with Crippen molar-refractivity contribution in [2.75, 3.05) is 6.54 Å². The second-order valence-corrected chi connectivity index (χ2v) is 9.14. The highest BCUT2D eigenvalue weighted by atomic mass is 15.1. The summed E-state index contributed by atoms with van der Waals surface area (Å²) >= 11 is 0. The van der Waals surface area contributed by atoms with Gasteiger partial charge in [0.25, 0.3) is 0 Å². The van der Waals surface area contributed by atoms with Crippen molar-refractivity contribution < 1.29 is 0 Å². The molecule has 32 heavy (non-hydrogen) atoms. The Bertz CT molecular complexity index is 1050. The minimum atomic E-state index is 0.597. The van der Waals surface area contributed by atoms with Crippen LogP contribution in [0.4, 0.5) is 0 Å². The molecule has 0 aliphatic heterocycles. The van der Waals surface area contributed by atoms with E-state index in [-0.39, 0.29) is 0 Å². The van der Waals surface area contributed by atoms with Gasteiger partial charge in [-0.2, -0.15) is 0 Å². The molecule has 3 heterocycles. The molecule has 1 fully saturated rings. The number of aromatic nitrogens is 4. The average Bonchev–Trinajstić information content (AvgIpc) is 3.17. The van der Waals surface area contributed by atoms with Gasteiger partial charge >= 0.3 is 0 Å². The predicted molar refractivity (Wildman–Crippen MR) is 133 cm³/mol. The molecule has 2 N–H and O–H groups in total. The summed E-state index contributed by atoms with van der Waals surface area (Å²) in [5.74, 6) is 2.15. The molecular formula is C26H38N6. The summed E-state index contributed by atoms with van der Waals surface area (Å²) in [5.41, 5.74) is 5.06. The van der Waals surface area contributed by atoms with E-state index < -0.39 is 0 Å². The van der Waals surface area contributed by atoms with E-state index in [0.717, 1.165) is 72.4 Å². The average molecular weight is 435 g/mol. The van der Waals surface area contributed by atoms with Gasteiger partial charge in [-0.05, 0) is 51.2 Å². The summed E-state index contributed by atoms with van der Waals surface area (Å²) in [7, 11) is 0. The number of nitrogens with zero attached hydrogens (tertiary/aromatic N) is 4. The van der Waals surface area contributed by atoms with Gasteiger partial charge in [0.15, 0.2) is 0 Å². The van der Waals surface area contributed by atoms with Crippen LogP contribution in [0.25, 0.3) is 22.1 Å². The van der Waals surface area contributed by atoms with Crippen molar-refractivity contribution in [3.05, 3.63) is 42.2 Å². The smallest absolute Gasteiger partial charge is 0.115 e. The molecule has 0 spiro atoms. The summed E-state index contributed by atoms with van der Waals surface area (Å²) < 4.78 is 2.41. The second kappa shape index (κ2) is 10.8. The number of aryl methyl sites for hydroxylation is 3. The SMILES string of the molecule is C=C(NCCCCn1c(CCCC)nc2c(C)nc3cccnc3c21)NC1CCCCC1. The lowest BCUT2D eigenvalue weighted by Gasteiger charge is -2.25. The number of hydrogen-bond acceptors (Lipinski definition) is 5. The third-order valence-electron chi connectivity index (χ3n) is 6.57. The molecule has 3 aromatic rings. The van der Waals surface area contributed by atoms with Crippen LogP contribution in [0.5, 0.6) is 0 Å². The minimum Gasteiger partial charge on any atom is -0.372 e. The van der Waals surface area contributed by atoms with Crippen LogP contribution in [0, 0.1) is 6.92 Å². The molecule has 0 saturated heterocycles. The number of pyridine rings is 2. The molecule has 0 bridgehead atoms. The Balaban J connectivity index is 1.41. The van der Waals surface area contributed by atoms with Gasteiger partial charge in [0.2, 0.25) is 0 Å². The van der Waals surface area contributed by atoms with E-state index in [1.165, 1.54) is 44.3 Å². The van der Waals surface area contributed by atoms with Crippen molar-refractivity contribution in [1.29, 1.82) is 0 Å². The molecule has 6 nitrogen and oxygen atoms in total. The van der Waals surface area contributed by atoms with Gasteiger partial charge < -0.3 is 15.2 Å². The summed E-state index contributed by atoms with van der Waals surface area (Å²) in [4.78, 5) is 14.4. The van der Waals surface area contributed by atoms with Crippen molar-refractivity contribution >= 4 is 22.1 Å². The van der Waals surface area contributed by atoms with E-state index in [4.69, 9.17) is 9.97 Å². The van der Waals surface area contributed by atoms with Crippen LogP contribution >= 0.6 is 0 Å². The topological polar surface area (TPSA) is 67.7 Å². The summed E-state index contributed by atoms with van der Waals surface area (Å²) in [6.07, 6.45) is 13.9. The Morgan fingerprint density at radius 1 is 1.12 bits per heavy atom. The van der Waals surface area contributed by atoms with E-state index in [0.29, 0.717) is 6.04 Å². The Morgan fingerprint density at radius 2 is 1.97 bits per heavy atom.